The number of anilines is 2. The number of halogens is 3. The van der Waals surface area contributed by atoms with Crippen molar-refractivity contribution >= 4 is 17.5 Å². The van der Waals surface area contributed by atoms with Crippen LogP contribution in [0.3, 0.4) is 0 Å². The number of carbonyl (C=O) groups is 1. The first-order valence-electron chi connectivity index (χ1n) is 8.96. The molecule has 180 valence electrons. The lowest BCUT2D eigenvalue weighted by Crippen LogP contribution is -2.21. The van der Waals surface area contributed by atoms with Crippen LogP contribution in [0.15, 0.2) is 12.1 Å². The number of alkyl halides is 3. The van der Waals surface area contributed by atoms with E-state index in [0.29, 0.717) is 53.9 Å². The molecule has 1 aliphatic heterocycles. The summed E-state index contributed by atoms with van der Waals surface area (Å²) in [6.45, 7) is 0.924. The number of nitrogen functional groups attached to an aromatic ring is 1. The molecule has 10 nitrogen and oxygen atoms in total. The van der Waals surface area contributed by atoms with Crippen LogP contribution in [0.2, 0.25) is 0 Å². The average molecular weight is 471 g/mol. The molecule has 13 heteroatoms. The Morgan fingerprint density at radius 2 is 1.91 bits per heavy atom. The maximum Gasteiger partial charge on any atom is 0.490 e. The quantitative estimate of drug-likeness (QED) is 0.434. The third kappa shape index (κ3) is 6.07. The monoisotopic (exact) mass is 471 g/mol. The average Bonchev–Trinajstić information content (AvgIpc) is 2.74. The number of benzene rings is 1. The van der Waals surface area contributed by atoms with Gasteiger partial charge in [-0.15, -0.1) is 0 Å². The maximum atomic E-state index is 10.6. The lowest BCUT2D eigenvalue weighted by molar-refractivity contribution is -0.192. The molecular formula is C20H24F3N5O5. The molecule has 1 aromatic carbocycles. The highest BCUT2D eigenvalue weighted by Crippen LogP contribution is 2.45. The van der Waals surface area contributed by atoms with Crippen molar-refractivity contribution in [1.82, 2.24) is 4.98 Å². The van der Waals surface area contributed by atoms with Crippen LogP contribution in [0.4, 0.5) is 24.7 Å². The van der Waals surface area contributed by atoms with E-state index in [2.05, 4.69) is 16.4 Å². The van der Waals surface area contributed by atoms with Gasteiger partial charge in [0.2, 0.25) is 5.88 Å². The molecule has 2 aromatic rings. The second kappa shape index (κ2) is 11.1. The highest BCUT2D eigenvalue weighted by atomic mass is 19.4. The number of nitrogens with one attached hydrogen (secondary N) is 1. The molecule has 6 N–H and O–H groups in total. The van der Waals surface area contributed by atoms with Crippen molar-refractivity contribution in [1.29, 1.82) is 5.26 Å². The minimum Gasteiger partial charge on any atom is -0.493 e. The lowest BCUT2D eigenvalue weighted by Gasteiger charge is -2.24. The first-order chi connectivity index (χ1) is 15.1. The van der Waals surface area contributed by atoms with Crippen LogP contribution in [-0.4, -0.2) is 49.5 Å². The van der Waals surface area contributed by atoms with Crippen molar-refractivity contribution in [2.24, 2.45) is 5.73 Å². The van der Waals surface area contributed by atoms with Crippen LogP contribution in [0.5, 0.6) is 23.1 Å². The number of hydrogen-bond acceptors (Lipinski definition) is 9. The number of carboxylic acid groups (broad SMARTS) is 1. The van der Waals surface area contributed by atoms with Crippen LogP contribution >= 0.6 is 0 Å². The predicted molar refractivity (Wildman–Crippen MR) is 114 cm³/mol. The number of hydrogen-bond donors (Lipinski definition) is 4. The summed E-state index contributed by atoms with van der Waals surface area (Å²) in [5.74, 6) is -0.485. The van der Waals surface area contributed by atoms with Gasteiger partial charge in [-0.3, -0.25) is 0 Å². The van der Waals surface area contributed by atoms with Gasteiger partial charge in [0, 0.05) is 36.7 Å². The fraction of sp³-hybridized carbons (Fsp3) is 0.350. The zero-order valence-electron chi connectivity index (χ0n) is 17.0. The summed E-state index contributed by atoms with van der Waals surface area (Å²) < 4.78 is 48.3. The van der Waals surface area contributed by atoms with Crippen molar-refractivity contribution in [2.45, 2.75) is 20.0 Å². The summed E-state index contributed by atoms with van der Waals surface area (Å²) in [5.41, 5.74) is 14.1. The van der Waals surface area contributed by atoms with Gasteiger partial charge in [0.1, 0.15) is 23.2 Å². The molecule has 0 saturated heterocycles. The minimum atomic E-state index is -5.08. The summed E-state index contributed by atoms with van der Waals surface area (Å²) >= 11 is 0. The lowest BCUT2D eigenvalue weighted by atomic mass is 9.98. The predicted octanol–water partition coefficient (Wildman–Crippen LogP) is 2.89. The van der Waals surface area contributed by atoms with Gasteiger partial charge in [-0.05, 0) is 6.07 Å². The molecular weight excluding hydrogens is 447 g/mol. The number of ether oxygens (including phenoxy) is 3. The van der Waals surface area contributed by atoms with Crippen molar-refractivity contribution in [2.75, 3.05) is 38.4 Å². The van der Waals surface area contributed by atoms with E-state index < -0.39 is 12.1 Å². The molecule has 0 spiro atoms. The number of methoxy groups -OCH3 is 2. The van der Waals surface area contributed by atoms with Crippen molar-refractivity contribution in [3.63, 3.8) is 0 Å². The molecule has 0 amide bonds. The second-order valence-electron chi connectivity index (χ2n) is 6.25. The first-order valence-corrected chi connectivity index (χ1v) is 8.96. The standard InChI is InChI=1S/C17H19N5O3.C2HF3O2.CH4/c1-23-13-6-9-5-10-15(21-4-3-18)11(8-19)16(20)22-17(10)25-12(9)7-14(13)24-2;3-2(4,5)1(6)7;/h6-7H,3-5,18H2,1-2H3,(H3,20,21,22);(H,6,7);1H4. The normalized spacial score (nSPS) is 11.2. The molecule has 1 aliphatic rings. The molecule has 0 aliphatic carbocycles. The van der Waals surface area contributed by atoms with Gasteiger partial charge in [-0.1, -0.05) is 7.43 Å². The van der Waals surface area contributed by atoms with E-state index in [4.69, 9.17) is 35.6 Å². The Balaban J connectivity index is 0.000000595. The number of aromatic nitrogens is 1. The van der Waals surface area contributed by atoms with E-state index in [1.807, 2.05) is 6.07 Å². The molecule has 0 bridgehead atoms. The van der Waals surface area contributed by atoms with Crippen LogP contribution in [0.1, 0.15) is 24.1 Å². The highest BCUT2D eigenvalue weighted by Gasteiger charge is 2.38. The highest BCUT2D eigenvalue weighted by molar-refractivity contribution is 5.75. The third-order valence-electron chi connectivity index (χ3n) is 4.23. The molecule has 0 atom stereocenters. The maximum absolute atomic E-state index is 10.6. The number of rotatable bonds is 5. The number of pyridine rings is 1. The largest absolute Gasteiger partial charge is 0.493 e. The fourth-order valence-corrected chi connectivity index (χ4v) is 2.80. The van der Waals surface area contributed by atoms with E-state index >= 15 is 0 Å². The number of fused-ring (bicyclic) bond motifs is 2. The Labute approximate surface area is 187 Å². The van der Waals surface area contributed by atoms with Crippen molar-refractivity contribution in [3.8, 4) is 29.2 Å². The van der Waals surface area contributed by atoms with E-state index in [0.717, 1.165) is 11.1 Å². The van der Waals surface area contributed by atoms with Crippen LogP contribution in [0, 0.1) is 11.3 Å². The molecule has 1 aromatic heterocycles. The van der Waals surface area contributed by atoms with Gasteiger partial charge in [-0.25, -0.2) is 4.79 Å². The van der Waals surface area contributed by atoms with Gasteiger partial charge in [-0.2, -0.15) is 23.4 Å². The topological polar surface area (TPSA) is 166 Å². The molecule has 0 unspecified atom stereocenters. The Kier molecular flexibility index (Phi) is 9.12. The van der Waals surface area contributed by atoms with E-state index in [1.54, 1.807) is 20.3 Å². The summed E-state index contributed by atoms with van der Waals surface area (Å²) in [5, 5.41) is 19.7. The molecule has 2 heterocycles. The summed E-state index contributed by atoms with van der Waals surface area (Å²) in [6, 6.07) is 5.70. The van der Waals surface area contributed by atoms with Crippen molar-refractivity contribution in [3.05, 3.63) is 28.8 Å². The Bertz CT molecular complexity index is 1050. The third-order valence-corrected chi connectivity index (χ3v) is 4.23. The molecule has 0 radical (unpaired) electrons. The van der Waals surface area contributed by atoms with Crippen molar-refractivity contribution < 1.29 is 37.3 Å². The first kappa shape index (κ1) is 27.1. The van der Waals surface area contributed by atoms with Gasteiger partial charge >= 0.3 is 12.1 Å². The zero-order chi connectivity index (χ0) is 24.1. The summed E-state index contributed by atoms with van der Waals surface area (Å²) in [6.07, 6.45) is -4.57. The number of nitrogens with zero attached hydrogens (tertiary/aromatic N) is 2. The molecule has 33 heavy (non-hydrogen) atoms. The van der Waals surface area contributed by atoms with Gasteiger partial charge < -0.3 is 36.1 Å². The Morgan fingerprint density at radius 1 is 1.33 bits per heavy atom. The molecule has 0 saturated carbocycles. The number of aliphatic carboxylic acids is 1. The van der Waals surface area contributed by atoms with Gasteiger partial charge in [0.25, 0.3) is 0 Å². The SMILES string of the molecule is C.COc1cc2c(cc1OC)Oc1nc(N)c(C#N)c(NCCN)c1C2.O=C(O)C(F)(F)F. The Morgan fingerprint density at radius 3 is 2.39 bits per heavy atom. The van der Waals surface area contributed by atoms with Gasteiger partial charge in [0.15, 0.2) is 11.5 Å². The minimum absolute atomic E-state index is 0. The number of carboxylic acids is 1. The van der Waals surface area contributed by atoms with Crippen LogP contribution in [0.25, 0.3) is 0 Å². The van der Waals surface area contributed by atoms with Crippen LogP contribution in [-0.2, 0) is 11.2 Å². The molecule has 0 fully saturated rings. The molecule has 3 rings (SSSR count). The number of nitriles is 1. The summed E-state index contributed by atoms with van der Waals surface area (Å²) in [4.78, 5) is 13.1. The second-order valence-corrected chi connectivity index (χ2v) is 6.25. The fourth-order valence-electron chi connectivity index (χ4n) is 2.80. The van der Waals surface area contributed by atoms with Gasteiger partial charge in [0.05, 0.1) is 19.9 Å². The zero-order valence-corrected chi connectivity index (χ0v) is 17.0. The van der Waals surface area contributed by atoms with E-state index in [-0.39, 0.29) is 13.2 Å². The smallest absolute Gasteiger partial charge is 0.490 e. The van der Waals surface area contributed by atoms with E-state index in [1.165, 1.54) is 0 Å². The summed E-state index contributed by atoms with van der Waals surface area (Å²) in [7, 11) is 3.14. The Hall–Kier alpha value is -3.92. The van der Waals surface area contributed by atoms with E-state index in [9.17, 15) is 18.4 Å². The number of nitrogens with two attached hydrogens (primary N) is 2. The van der Waals surface area contributed by atoms with Crippen LogP contribution < -0.4 is 31.0 Å².